The molecule has 0 radical (unpaired) electrons. The van der Waals surface area contributed by atoms with E-state index in [0.29, 0.717) is 28.6 Å². The minimum Gasteiger partial charge on any atom is -0.493 e. The maximum absolute atomic E-state index is 11.9. The normalized spacial score (nSPS) is 16.2. The number of amides is 1. The predicted molar refractivity (Wildman–Crippen MR) is 87.7 cm³/mol. The fraction of sp³-hybridized carbons (Fsp3) is 0.294. The lowest BCUT2D eigenvalue weighted by Gasteiger charge is -2.16. The molecule has 25 heavy (non-hydrogen) atoms. The van der Waals surface area contributed by atoms with Crippen molar-refractivity contribution in [2.45, 2.75) is 13.2 Å². The fourth-order valence-corrected chi connectivity index (χ4v) is 2.51. The Hall–Kier alpha value is -3.16. The summed E-state index contributed by atoms with van der Waals surface area (Å²) in [6.07, 6.45) is 0.746. The SMILES string of the molecule is COc1cc(C2=NN(C(C)=O)C(c3ccco3)O2)cc(OC)c1OC. The minimum absolute atomic E-state index is 0.246. The quantitative estimate of drug-likeness (QED) is 0.827. The molecule has 0 bridgehead atoms. The molecule has 3 rings (SSSR count). The Morgan fingerprint density at radius 1 is 1.16 bits per heavy atom. The van der Waals surface area contributed by atoms with Crippen LogP contribution in [0.5, 0.6) is 17.2 Å². The highest BCUT2D eigenvalue weighted by Crippen LogP contribution is 2.40. The number of benzene rings is 1. The molecule has 132 valence electrons. The smallest absolute Gasteiger partial charge is 0.254 e. The third kappa shape index (κ3) is 2.98. The second-order valence-electron chi connectivity index (χ2n) is 5.17. The van der Waals surface area contributed by atoms with E-state index in [2.05, 4.69) is 5.10 Å². The molecule has 0 spiro atoms. The molecule has 0 saturated carbocycles. The number of rotatable bonds is 5. The first kappa shape index (κ1) is 16.7. The predicted octanol–water partition coefficient (Wildman–Crippen LogP) is 2.54. The van der Waals surface area contributed by atoms with Crippen LogP contribution >= 0.6 is 0 Å². The van der Waals surface area contributed by atoms with Gasteiger partial charge in [-0.15, -0.1) is 5.10 Å². The Morgan fingerprint density at radius 3 is 2.32 bits per heavy atom. The lowest BCUT2D eigenvalue weighted by molar-refractivity contribution is -0.136. The van der Waals surface area contributed by atoms with Crippen LogP contribution in [0.2, 0.25) is 0 Å². The Kier molecular flexibility index (Phi) is 4.51. The maximum Gasteiger partial charge on any atom is 0.254 e. The molecule has 1 unspecified atom stereocenters. The van der Waals surface area contributed by atoms with E-state index in [0.717, 1.165) is 0 Å². The zero-order valence-corrected chi connectivity index (χ0v) is 14.3. The summed E-state index contributed by atoms with van der Waals surface area (Å²) in [5.41, 5.74) is 0.579. The van der Waals surface area contributed by atoms with Crippen LogP contribution in [0.3, 0.4) is 0 Å². The molecule has 1 aliphatic rings. The highest BCUT2D eigenvalue weighted by atomic mass is 16.5. The minimum atomic E-state index is -0.762. The van der Waals surface area contributed by atoms with Crippen molar-refractivity contribution in [1.82, 2.24) is 5.01 Å². The van der Waals surface area contributed by atoms with E-state index >= 15 is 0 Å². The molecule has 1 atom stereocenters. The van der Waals surface area contributed by atoms with Gasteiger partial charge in [0.25, 0.3) is 6.23 Å². The van der Waals surface area contributed by atoms with Gasteiger partial charge in [-0.05, 0) is 24.3 Å². The van der Waals surface area contributed by atoms with E-state index in [1.807, 2.05) is 0 Å². The molecule has 0 aliphatic carbocycles. The molecule has 0 N–H and O–H groups in total. The molecule has 2 aromatic rings. The van der Waals surface area contributed by atoms with E-state index in [1.165, 1.54) is 39.5 Å². The average molecular weight is 346 g/mol. The van der Waals surface area contributed by atoms with Gasteiger partial charge in [-0.3, -0.25) is 4.79 Å². The molecule has 2 heterocycles. The van der Waals surface area contributed by atoms with Gasteiger partial charge in [0.1, 0.15) is 0 Å². The molecule has 0 saturated heterocycles. The van der Waals surface area contributed by atoms with Crippen LogP contribution in [0, 0.1) is 0 Å². The van der Waals surface area contributed by atoms with Gasteiger partial charge in [0, 0.05) is 12.5 Å². The number of hydrogen-bond donors (Lipinski definition) is 0. The first-order chi connectivity index (χ1) is 12.1. The van der Waals surface area contributed by atoms with Crippen molar-refractivity contribution < 1.29 is 28.2 Å². The summed E-state index contributed by atoms with van der Waals surface area (Å²) in [5, 5.41) is 5.49. The van der Waals surface area contributed by atoms with Crippen LogP contribution in [0.15, 0.2) is 40.0 Å². The van der Waals surface area contributed by atoms with Gasteiger partial charge in [0.05, 0.1) is 27.6 Å². The molecular weight excluding hydrogens is 328 g/mol. The third-order valence-corrected chi connectivity index (χ3v) is 3.66. The number of furan rings is 1. The molecule has 0 fully saturated rings. The maximum atomic E-state index is 11.9. The van der Waals surface area contributed by atoms with E-state index < -0.39 is 6.23 Å². The van der Waals surface area contributed by atoms with Gasteiger partial charge in [0.2, 0.25) is 17.6 Å². The summed E-state index contributed by atoms with van der Waals surface area (Å²) < 4.78 is 27.2. The lowest BCUT2D eigenvalue weighted by atomic mass is 10.1. The largest absolute Gasteiger partial charge is 0.493 e. The molecule has 1 aromatic heterocycles. The molecule has 1 aromatic carbocycles. The van der Waals surface area contributed by atoms with E-state index in [4.69, 9.17) is 23.4 Å². The molecule has 1 amide bonds. The molecular formula is C17H18N2O6. The van der Waals surface area contributed by atoms with Crippen LogP contribution in [-0.4, -0.2) is 38.1 Å². The summed E-state index contributed by atoms with van der Waals surface area (Å²) in [7, 11) is 4.56. The van der Waals surface area contributed by atoms with Gasteiger partial charge in [-0.2, -0.15) is 5.01 Å². The second-order valence-corrected chi connectivity index (χ2v) is 5.17. The van der Waals surface area contributed by atoms with E-state index in [1.54, 1.807) is 24.3 Å². The molecule has 8 nitrogen and oxygen atoms in total. The second kappa shape index (κ2) is 6.76. The number of carbonyl (C=O) groups is 1. The van der Waals surface area contributed by atoms with Gasteiger partial charge >= 0.3 is 0 Å². The van der Waals surface area contributed by atoms with Crippen LogP contribution in [0.25, 0.3) is 0 Å². The Balaban J connectivity index is 2.01. The number of carbonyl (C=O) groups excluding carboxylic acids is 1. The van der Waals surface area contributed by atoms with Crippen molar-refractivity contribution in [2.24, 2.45) is 5.10 Å². The summed E-state index contributed by atoms with van der Waals surface area (Å²) in [6, 6.07) is 6.83. The highest BCUT2D eigenvalue weighted by molar-refractivity contribution is 5.97. The number of hydrazone groups is 1. The van der Waals surface area contributed by atoms with Crippen molar-refractivity contribution in [3.63, 3.8) is 0 Å². The Labute approximate surface area is 144 Å². The van der Waals surface area contributed by atoms with Gasteiger partial charge < -0.3 is 23.4 Å². The van der Waals surface area contributed by atoms with Gasteiger partial charge in [-0.25, -0.2) is 0 Å². The number of nitrogens with zero attached hydrogens (tertiary/aromatic N) is 2. The van der Waals surface area contributed by atoms with Crippen molar-refractivity contribution in [3.05, 3.63) is 41.9 Å². The highest BCUT2D eigenvalue weighted by Gasteiger charge is 2.35. The van der Waals surface area contributed by atoms with E-state index in [9.17, 15) is 4.79 Å². The van der Waals surface area contributed by atoms with Crippen molar-refractivity contribution >= 4 is 11.8 Å². The number of ether oxygens (including phenoxy) is 4. The number of hydrogen-bond acceptors (Lipinski definition) is 7. The van der Waals surface area contributed by atoms with Crippen LogP contribution in [-0.2, 0) is 9.53 Å². The summed E-state index contributed by atoms with van der Waals surface area (Å²) >= 11 is 0. The van der Waals surface area contributed by atoms with Crippen LogP contribution in [0.1, 0.15) is 24.5 Å². The van der Waals surface area contributed by atoms with Crippen LogP contribution < -0.4 is 14.2 Å². The van der Waals surface area contributed by atoms with Crippen molar-refractivity contribution in [2.75, 3.05) is 21.3 Å². The fourth-order valence-electron chi connectivity index (χ4n) is 2.51. The standard InChI is InChI=1S/C17H18N2O6/c1-10(20)19-17(12-6-5-7-24-12)25-16(18-19)11-8-13(21-2)15(23-4)14(9-11)22-3/h5-9,17H,1-4H3. The Morgan fingerprint density at radius 2 is 1.84 bits per heavy atom. The molecule has 1 aliphatic heterocycles. The first-order valence-electron chi connectivity index (χ1n) is 7.48. The van der Waals surface area contributed by atoms with Gasteiger partial charge in [-0.1, -0.05) is 0 Å². The zero-order valence-electron chi connectivity index (χ0n) is 14.3. The molecule has 8 heteroatoms. The lowest BCUT2D eigenvalue weighted by Crippen LogP contribution is -2.24. The monoisotopic (exact) mass is 346 g/mol. The zero-order chi connectivity index (χ0) is 18.0. The van der Waals surface area contributed by atoms with Crippen LogP contribution in [0.4, 0.5) is 0 Å². The average Bonchev–Trinajstić information content (AvgIpc) is 3.29. The van der Waals surface area contributed by atoms with Crippen molar-refractivity contribution in [1.29, 1.82) is 0 Å². The summed E-state index contributed by atoms with van der Waals surface area (Å²) in [6.45, 7) is 1.40. The van der Waals surface area contributed by atoms with Crippen molar-refractivity contribution in [3.8, 4) is 17.2 Å². The third-order valence-electron chi connectivity index (χ3n) is 3.66. The first-order valence-corrected chi connectivity index (χ1v) is 7.48. The Bertz CT molecular complexity index is 774. The summed E-state index contributed by atoms with van der Waals surface area (Å²) in [5.74, 6) is 1.82. The van der Waals surface area contributed by atoms with Gasteiger partial charge in [0.15, 0.2) is 17.3 Å². The summed E-state index contributed by atoms with van der Waals surface area (Å²) in [4.78, 5) is 11.9. The number of methoxy groups -OCH3 is 3. The van der Waals surface area contributed by atoms with E-state index in [-0.39, 0.29) is 11.8 Å². The topological polar surface area (TPSA) is 82.7 Å².